The highest BCUT2D eigenvalue weighted by atomic mass is 35.5. The first-order valence-corrected chi connectivity index (χ1v) is 8.91. The SMILES string of the molecule is CNOCCCCC(Sc1ccc(Cl)cc1)c1ccc(F)cc1. The van der Waals surface area contributed by atoms with Crippen LogP contribution in [0.2, 0.25) is 5.02 Å². The molecule has 1 unspecified atom stereocenters. The van der Waals surface area contributed by atoms with E-state index >= 15 is 0 Å². The molecule has 2 aromatic rings. The predicted molar refractivity (Wildman–Crippen MR) is 95.3 cm³/mol. The van der Waals surface area contributed by atoms with Crippen molar-refractivity contribution in [3.8, 4) is 0 Å². The van der Waals surface area contributed by atoms with Crippen molar-refractivity contribution in [1.29, 1.82) is 0 Å². The molecule has 23 heavy (non-hydrogen) atoms. The normalized spacial score (nSPS) is 12.3. The summed E-state index contributed by atoms with van der Waals surface area (Å²) in [5.74, 6) is -0.202. The Balaban J connectivity index is 2.01. The first-order valence-electron chi connectivity index (χ1n) is 7.65. The summed E-state index contributed by atoms with van der Waals surface area (Å²) in [5, 5.41) is 1.02. The molecule has 0 fully saturated rings. The first kappa shape index (κ1) is 18.3. The summed E-state index contributed by atoms with van der Waals surface area (Å²) in [6.45, 7) is 0.693. The molecule has 2 rings (SSSR count). The van der Waals surface area contributed by atoms with Gasteiger partial charge in [-0.2, -0.15) is 0 Å². The van der Waals surface area contributed by atoms with Gasteiger partial charge in [0.05, 0.1) is 6.61 Å². The average molecular weight is 354 g/mol. The van der Waals surface area contributed by atoms with Gasteiger partial charge in [-0.3, -0.25) is 0 Å². The van der Waals surface area contributed by atoms with Crippen LogP contribution in [-0.2, 0) is 4.84 Å². The molecule has 0 aliphatic rings. The molecule has 0 radical (unpaired) electrons. The fourth-order valence-electron chi connectivity index (χ4n) is 2.25. The second kappa shape index (κ2) is 9.93. The summed E-state index contributed by atoms with van der Waals surface area (Å²) >= 11 is 7.73. The Hall–Kier alpha value is -1.07. The van der Waals surface area contributed by atoms with Crippen LogP contribution in [0.15, 0.2) is 53.4 Å². The Kier molecular flexibility index (Phi) is 7.89. The molecule has 1 atom stereocenters. The highest BCUT2D eigenvalue weighted by Gasteiger charge is 2.13. The fourth-order valence-corrected chi connectivity index (χ4v) is 3.58. The maximum absolute atomic E-state index is 13.2. The molecule has 0 spiro atoms. The fraction of sp³-hybridized carbons (Fsp3) is 0.333. The number of unbranched alkanes of at least 4 members (excludes halogenated alkanes) is 1. The number of rotatable bonds is 9. The molecule has 0 aliphatic heterocycles. The molecule has 124 valence electrons. The Bertz CT molecular complexity index is 577. The Morgan fingerprint density at radius 1 is 1.09 bits per heavy atom. The van der Waals surface area contributed by atoms with Crippen LogP contribution < -0.4 is 5.48 Å². The second-order valence-corrected chi connectivity index (χ2v) is 6.87. The van der Waals surface area contributed by atoms with Crippen LogP contribution in [0.3, 0.4) is 0 Å². The third kappa shape index (κ3) is 6.51. The van der Waals surface area contributed by atoms with Gasteiger partial charge in [-0.1, -0.05) is 23.7 Å². The van der Waals surface area contributed by atoms with Crippen molar-refractivity contribution >= 4 is 23.4 Å². The zero-order valence-corrected chi connectivity index (χ0v) is 14.7. The van der Waals surface area contributed by atoms with Gasteiger partial charge in [-0.25, -0.2) is 9.87 Å². The molecule has 2 aromatic carbocycles. The van der Waals surface area contributed by atoms with Crippen molar-refractivity contribution in [2.45, 2.75) is 29.4 Å². The molecule has 0 bridgehead atoms. The smallest absolute Gasteiger partial charge is 0.123 e. The number of thioether (sulfide) groups is 1. The third-order valence-corrected chi connectivity index (χ3v) is 5.03. The van der Waals surface area contributed by atoms with Gasteiger partial charge in [0.15, 0.2) is 0 Å². The molecular weight excluding hydrogens is 333 g/mol. The lowest BCUT2D eigenvalue weighted by Crippen LogP contribution is -2.08. The molecular formula is C18H21ClFNOS. The number of hydrogen-bond acceptors (Lipinski definition) is 3. The summed E-state index contributed by atoms with van der Waals surface area (Å²) in [4.78, 5) is 6.31. The summed E-state index contributed by atoms with van der Waals surface area (Å²) in [7, 11) is 1.76. The lowest BCUT2D eigenvalue weighted by molar-refractivity contribution is 0.0551. The lowest BCUT2D eigenvalue weighted by Gasteiger charge is -2.17. The standard InChI is InChI=1S/C18H21ClFNOS/c1-21-22-13-3-2-4-18(14-5-9-16(20)10-6-14)23-17-11-7-15(19)8-12-17/h5-12,18,21H,2-4,13H2,1H3. The molecule has 5 heteroatoms. The zero-order valence-electron chi connectivity index (χ0n) is 13.1. The summed E-state index contributed by atoms with van der Waals surface area (Å²) in [5.41, 5.74) is 3.82. The van der Waals surface area contributed by atoms with Gasteiger partial charge >= 0.3 is 0 Å². The van der Waals surface area contributed by atoms with Crippen molar-refractivity contribution in [3.63, 3.8) is 0 Å². The van der Waals surface area contributed by atoms with E-state index in [-0.39, 0.29) is 11.1 Å². The van der Waals surface area contributed by atoms with E-state index in [2.05, 4.69) is 5.48 Å². The van der Waals surface area contributed by atoms with E-state index in [1.807, 2.05) is 36.4 Å². The van der Waals surface area contributed by atoms with Gasteiger partial charge < -0.3 is 4.84 Å². The maximum Gasteiger partial charge on any atom is 0.123 e. The van der Waals surface area contributed by atoms with Gasteiger partial charge in [0.25, 0.3) is 0 Å². The van der Waals surface area contributed by atoms with Crippen LogP contribution in [0.5, 0.6) is 0 Å². The van der Waals surface area contributed by atoms with E-state index in [0.29, 0.717) is 6.61 Å². The maximum atomic E-state index is 13.2. The summed E-state index contributed by atoms with van der Waals surface area (Å²) in [6, 6.07) is 14.6. The largest absolute Gasteiger partial charge is 0.302 e. The predicted octanol–water partition coefficient (Wildman–Crippen LogP) is 5.63. The number of benzene rings is 2. The summed E-state index contributed by atoms with van der Waals surface area (Å²) < 4.78 is 13.2. The zero-order chi connectivity index (χ0) is 16.5. The highest BCUT2D eigenvalue weighted by molar-refractivity contribution is 7.99. The van der Waals surface area contributed by atoms with Crippen LogP contribution in [-0.4, -0.2) is 13.7 Å². The molecule has 0 aromatic heterocycles. The van der Waals surface area contributed by atoms with E-state index in [1.165, 1.54) is 12.1 Å². The topological polar surface area (TPSA) is 21.3 Å². The Morgan fingerprint density at radius 3 is 2.43 bits per heavy atom. The van der Waals surface area contributed by atoms with Gasteiger partial charge in [0.2, 0.25) is 0 Å². The van der Waals surface area contributed by atoms with Crippen LogP contribution in [0.25, 0.3) is 0 Å². The number of halogens is 2. The Labute approximate surface area is 146 Å². The van der Waals surface area contributed by atoms with Crippen molar-refractivity contribution in [3.05, 3.63) is 64.9 Å². The van der Waals surface area contributed by atoms with E-state index in [4.69, 9.17) is 16.4 Å². The molecule has 0 amide bonds. The minimum Gasteiger partial charge on any atom is -0.302 e. The average Bonchev–Trinajstić information content (AvgIpc) is 2.56. The van der Waals surface area contributed by atoms with E-state index < -0.39 is 0 Å². The minimum absolute atomic E-state index is 0.202. The first-order chi connectivity index (χ1) is 11.2. The van der Waals surface area contributed by atoms with Crippen molar-refractivity contribution in [1.82, 2.24) is 5.48 Å². The highest BCUT2D eigenvalue weighted by Crippen LogP contribution is 2.39. The minimum atomic E-state index is -0.202. The molecule has 2 nitrogen and oxygen atoms in total. The van der Waals surface area contributed by atoms with Gasteiger partial charge in [-0.15, -0.1) is 11.8 Å². The van der Waals surface area contributed by atoms with Gasteiger partial charge in [0.1, 0.15) is 5.82 Å². The molecule has 0 saturated carbocycles. The number of nitrogens with one attached hydrogen (secondary N) is 1. The van der Waals surface area contributed by atoms with Crippen LogP contribution in [0.1, 0.15) is 30.1 Å². The van der Waals surface area contributed by atoms with Gasteiger partial charge in [-0.05, 0) is 61.2 Å². The third-order valence-electron chi connectivity index (χ3n) is 3.44. The van der Waals surface area contributed by atoms with Crippen molar-refractivity contribution in [2.24, 2.45) is 0 Å². The molecule has 0 aliphatic carbocycles. The van der Waals surface area contributed by atoms with E-state index in [9.17, 15) is 4.39 Å². The van der Waals surface area contributed by atoms with Crippen LogP contribution in [0, 0.1) is 5.82 Å². The number of hydrogen-bond donors (Lipinski definition) is 1. The second-order valence-electron chi connectivity index (χ2n) is 5.16. The van der Waals surface area contributed by atoms with Crippen molar-refractivity contribution < 1.29 is 9.23 Å². The molecule has 1 N–H and O–H groups in total. The van der Waals surface area contributed by atoms with Crippen molar-refractivity contribution in [2.75, 3.05) is 13.7 Å². The summed E-state index contributed by atoms with van der Waals surface area (Å²) in [6.07, 6.45) is 3.04. The molecule has 0 heterocycles. The Morgan fingerprint density at radius 2 is 1.78 bits per heavy atom. The quantitative estimate of drug-likeness (QED) is 0.358. The van der Waals surface area contributed by atoms with Crippen LogP contribution >= 0.6 is 23.4 Å². The number of hydroxylamine groups is 1. The van der Waals surface area contributed by atoms with E-state index in [1.54, 1.807) is 18.8 Å². The molecule has 0 saturated heterocycles. The van der Waals surface area contributed by atoms with Crippen LogP contribution in [0.4, 0.5) is 4.39 Å². The lowest BCUT2D eigenvalue weighted by atomic mass is 10.1. The van der Waals surface area contributed by atoms with E-state index in [0.717, 1.165) is 34.7 Å². The monoisotopic (exact) mass is 353 g/mol. The van der Waals surface area contributed by atoms with Gasteiger partial charge in [0, 0.05) is 22.2 Å².